The molecule has 1 saturated heterocycles. The standard InChI is InChI=1S/C21H34N2O2/c1-16(2)15-25-18(4)21(24)22-13-19-10-5-6-11-20(19)14-23-12-8-7-9-17(23)3/h5-6,10-11,16-18H,7-9,12-15H2,1-4H3,(H,22,24)/t17-,18+/m0/s1. The molecule has 1 fully saturated rings. The molecule has 1 aliphatic heterocycles. The summed E-state index contributed by atoms with van der Waals surface area (Å²) < 4.78 is 5.60. The topological polar surface area (TPSA) is 41.6 Å². The third kappa shape index (κ3) is 6.44. The second kappa shape index (κ2) is 9.93. The smallest absolute Gasteiger partial charge is 0.249 e. The van der Waals surface area contributed by atoms with Crippen LogP contribution in [0.2, 0.25) is 0 Å². The van der Waals surface area contributed by atoms with Gasteiger partial charge in [-0.2, -0.15) is 0 Å². The lowest BCUT2D eigenvalue weighted by molar-refractivity contribution is -0.132. The Hall–Kier alpha value is -1.39. The van der Waals surface area contributed by atoms with Crippen LogP contribution in [0.1, 0.15) is 58.1 Å². The number of amides is 1. The van der Waals surface area contributed by atoms with Crippen molar-refractivity contribution >= 4 is 5.91 Å². The van der Waals surface area contributed by atoms with Crippen molar-refractivity contribution in [3.05, 3.63) is 35.4 Å². The van der Waals surface area contributed by atoms with Gasteiger partial charge in [-0.1, -0.05) is 44.5 Å². The zero-order valence-electron chi connectivity index (χ0n) is 16.3. The zero-order valence-corrected chi connectivity index (χ0v) is 16.3. The number of carbonyl (C=O) groups is 1. The Labute approximate surface area is 152 Å². The summed E-state index contributed by atoms with van der Waals surface area (Å²) in [6, 6.07) is 9.07. The van der Waals surface area contributed by atoms with Gasteiger partial charge in [-0.25, -0.2) is 0 Å². The first kappa shape index (κ1) is 19.9. The van der Waals surface area contributed by atoms with Crippen LogP contribution < -0.4 is 5.32 Å². The second-order valence-electron chi connectivity index (χ2n) is 7.67. The predicted octanol–water partition coefficient (Wildman–Crippen LogP) is 3.74. The van der Waals surface area contributed by atoms with E-state index in [0.29, 0.717) is 25.1 Å². The number of carbonyl (C=O) groups excluding carboxylic acids is 1. The molecule has 1 heterocycles. The monoisotopic (exact) mass is 346 g/mol. The highest BCUT2D eigenvalue weighted by molar-refractivity contribution is 5.80. The molecule has 0 saturated carbocycles. The second-order valence-corrected chi connectivity index (χ2v) is 7.67. The first-order valence-electron chi connectivity index (χ1n) is 9.67. The van der Waals surface area contributed by atoms with E-state index in [2.05, 4.69) is 49.2 Å². The number of hydrogen-bond acceptors (Lipinski definition) is 3. The van der Waals surface area contributed by atoms with Gasteiger partial charge in [-0.05, 0) is 50.3 Å². The van der Waals surface area contributed by atoms with E-state index in [1.54, 1.807) is 0 Å². The molecule has 2 atom stereocenters. The fourth-order valence-corrected chi connectivity index (χ4v) is 3.23. The van der Waals surface area contributed by atoms with E-state index in [-0.39, 0.29) is 5.91 Å². The van der Waals surface area contributed by atoms with Crippen molar-refractivity contribution in [1.82, 2.24) is 10.2 Å². The molecule has 140 valence electrons. The van der Waals surface area contributed by atoms with Crippen LogP contribution in [-0.2, 0) is 22.6 Å². The first-order valence-corrected chi connectivity index (χ1v) is 9.67. The van der Waals surface area contributed by atoms with Gasteiger partial charge in [0, 0.05) is 25.7 Å². The molecule has 4 nitrogen and oxygen atoms in total. The molecule has 25 heavy (non-hydrogen) atoms. The maximum Gasteiger partial charge on any atom is 0.249 e. The zero-order chi connectivity index (χ0) is 18.2. The van der Waals surface area contributed by atoms with Gasteiger partial charge in [-0.15, -0.1) is 0 Å². The van der Waals surface area contributed by atoms with Gasteiger partial charge in [0.15, 0.2) is 0 Å². The molecular formula is C21H34N2O2. The van der Waals surface area contributed by atoms with Crippen molar-refractivity contribution in [3.63, 3.8) is 0 Å². The number of nitrogens with zero attached hydrogens (tertiary/aromatic N) is 1. The number of benzene rings is 1. The third-order valence-electron chi connectivity index (χ3n) is 4.93. The predicted molar refractivity (Wildman–Crippen MR) is 102 cm³/mol. The fourth-order valence-electron chi connectivity index (χ4n) is 3.23. The quantitative estimate of drug-likeness (QED) is 0.780. The molecule has 0 aromatic heterocycles. The van der Waals surface area contributed by atoms with Crippen LogP contribution in [-0.4, -0.2) is 36.1 Å². The van der Waals surface area contributed by atoms with E-state index in [9.17, 15) is 4.79 Å². The van der Waals surface area contributed by atoms with Gasteiger partial charge in [-0.3, -0.25) is 9.69 Å². The summed E-state index contributed by atoms with van der Waals surface area (Å²) in [4.78, 5) is 14.8. The summed E-state index contributed by atoms with van der Waals surface area (Å²) in [7, 11) is 0. The molecule has 0 bridgehead atoms. The molecule has 0 unspecified atom stereocenters. The van der Waals surface area contributed by atoms with Crippen LogP contribution in [0.3, 0.4) is 0 Å². The minimum Gasteiger partial charge on any atom is -0.368 e. The lowest BCUT2D eigenvalue weighted by atomic mass is 10.0. The van der Waals surface area contributed by atoms with Gasteiger partial charge in [0.25, 0.3) is 0 Å². The van der Waals surface area contributed by atoms with Gasteiger partial charge in [0.1, 0.15) is 6.10 Å². The number of piperidine rings is 1. The summed E-state index contributed by atoms with van der Waals surface area (Å²) in [5.74, 6) is 0.393. The summed E-state index contributed by atoms with van der Waals surface area (Å²) >= 11 is 0. The molecule has 2 rings (SSSR count). The van der Waals surface area contributed by atoms with Crippen LogP contribution in [0.15, 0.2) is 24.3 Å². The fraction of sp³-hybridized carbons (Fsp3) is 0.667. The highest BCUT2D eigenvalue weighted by Crippen LogP contribution is 2.20. The van der Waals surface area contributed by atoms with Gasteiger partial charge >= 0.3 is 0 Å². The Morgan fingerprint density at radius 2 is 1.96 bits per heavy atom. The Kier molecular flexibility index (Phi) is 7.91. The normalized spacial score (nSPS) is 19.8. The van der Waals surface area contributed by atoms with Crippen LogP contribution in [0.5, 0.6) is 0 Å². The highest BCUT2D eigenvalue weighted by atomic mass is 16.5. The maximum atomic E-state index is 12.2. The maximum absolute atomic E-state index is 12.2. The van der Waals surface area contributed by atoms with E-state index in [1.807, 2.05) is 13.0 Å². The average Bonchev–Trinajstić information content (AvgIpc) is 2.60. The van der Waals surface area contributed by atoms with E-state index in [1.165, 1.54) is 36.9 Å². The average molecular weight is 347 g/mol. The highest BCUT2D eigenvalue weighted by Gasteiger charge is 2.19. The van der Waals surface area contributed by atoms with Gasteiger partial charge in [0.05, 0.1) is 0 Å². The molecule has 1 aromatic carbocycles. The molecule has 1 N–H and O–H groups in total. The summed E-state index contributed by atoms with van der Waals surface area (Å²) in [6.07, 6.45) is 3.50. The number of nitrogens with one attached hydrogen (secondary N) is 1. The summed E-state index contributed by atoms with van der Waals surface area (Å²) in [5.41, 5.74) is 2.51. The van der Waals surface area contributed by atoms with Gasteiger partial charge in [0.2, 0.25) is 5.91 Å². The Morgan fingerprint density at radius 3 is 2.64 bits per heavy atom. The lowest BCUT2D eigenvalue weighted by Gasteiger charge is -2.33. The number of ether oxygens (including phenoxy) is 1. The molecule has 1 amide bonds. The minimum atomic E-state index is -0.406. The van der Waals surface area contributed by atoms with Crippen LogP contribution in [0, 0.1) is 5.92 Å². The van der Waals surface area contributed by atoms with Crippen molar-refractivity contribution in [3.8, 4) is 0 Å². The van der Waals surface area contributed by atoms with E-state index in [4.69, 9.17) is 4.74 Å². The van der Waals surface area contributed by atoms with E-state index >= 15 is 0 Å². The number of likely N-dealkylation sites (tertiary alicyclic amines) is 1. The van der Waals surface area contributed by atoms with Gasteiger partial charge < -0.3 is 10.1 Å². The van der Waals surface area contributed by atoms with Crippen LogP contribution in [0.4, 0.5) is 0 Å². The van der Waals surface area contributed by atoms with Crippen molar-refractivity contribution in [2.45, 2.75) is 72.2 Å². The molecule has 1 aromatic rings. The van der Waals surface area contributed by atoms with Crippen LogP contribution >= 0.6 is 0 Å². The minimum absolute atomic E-state index is 0.0400. The Bertz CT molecular complexity index is 544. The largest absolute Gasteiger partial charge is 0.368 e. The van der Waals surface area contributed by atoms with Crippen molar-refractivity contribution in [1.29, 1.82) is 0 Å². The third-order valence-corrected chi connectivity index (χ3v) is 4.93. The summed E-state index contributed by atoms with van der Waals surface area (Å²) in [5, 5.41) is 3.03. The molecule has 0 radical (unpaired) electrons. The van der Waals surface area contributed by atoms with Crippen molar-refractivity contribution in [2.24, 2.45) is 5.92 Å². The molecular weight excluding hydrogens is 312 g/mol. The molecule has 1 aliphatic rings. The number of hydrogen-bond donors (Lipinski definition) is 1. The van der Waals surface area contributed by atoms with Crippen molar-refractivity contribution in [2.75, 3.05) is 13.2 Å². The van der Waals surface area contributed by atoms with E-state index in [0.717, 1.165) is 6.54 Å². The van der Waals surface area contributed by atoms with Crippen LogP contribution in [0.25, 0.3) is 0 Å². The molecule has 0 aliphatic carbocycles. The first-order chi connectivity index (χ1) is 12.0. The Balaban J connectivity index is 1.90. The molecule has 0 spiro atoms. The Morgan fingerprint density at radius 1 is 1.24 bits per heavy atom. The van der Waals surface area contributed by atoms with Crippen molar-refractivity contribution < 1.29 is 9.53 Å². The van der Waals surface area contributed by atoms with E-state index < -0.39 is 6.10 Å². The summed E-state index contributed by atoms with van der Waals surface area (Å²) in [6.45, 7) is 11.6. The SMILES string of the molecule is CC(C)CO[C@H](C)C(=O)NCc1ccccc1CN1CCCC[C@@H]1C. The number of rotatable bonds is 8. The molecule has 4 heteroatoms. The lowest BCUT2D eigenvalue weighted by Crippen LogP contribution is -2.37.